The number of amides is 3. The van der Waals surface area contributed by atoms with Crippen molar-refractivity contribution in [3.8, 4) is 5.75 Å². The molecule has 4 rings (SSSR count). The monoisotopic (exact) mass is 608 g/mol. The molecule has 10 nitrogen and oxygen atoms in total. The molecule has 6 N–H and O–H groups in total. The van der Waals surface area contributed by atoms with Crippen molar-refractivity contribution in [2.45, 2.75) is 84.2 Å². The molecule has 10 heteroatoms. The normalized spacial score (nSPS) is 26.0. The van der Waals surface area contributed by atoms with E-state index in [2.05, 4.69) is 21.3 Å². The summed E-state index contributed by atoms with van der Waals surface area (Å²) in [7, 11) is 0. The van der Waals surface area contributed by atoms with Crippen LogP contribution in [0.5, 0.6) is 5.75 Å². The largest absolute Gasteiger partial charge is 0.494 e. The van der Waals surface area contributed by atoms with Gasteiger partial charge in [-0.05, 0) is 67.9 Å². The van der Waals surface area contributed by atoms with Gasteiger partial charge in [-0.3, -0.25) is 19.7 Å². The quantitative estimate of drug-likeness (QED) is 0.264. The van der Waals surface area contributed by atoms with Gasteiger partial charge in [0.1, 0.15) is 17.5 Å². The summed E-state index contributed by atoms with van der Waals surface area (Å²) < 4.78 is 5.94. The van der Waals surface area contributed by atoms with Crippen molar-refractivity contribution in [3.05, 3.63) is 65.2 Å². The van der Waals surface area contributed by atoms with Crippen LogP contribution in [0.25, 0.3) is 0 Å². The van der Waals surface area contributed by atoms with Crippen LogP contribution in [0.3, 0.4) is 0 Å². The van der Waals surface area contributed by atoms with Gasteiger partial charge in [-0.1, -0.05) is 57.2 Å². The van der Waals surface area contributed by atoms with E-state index in [1.807, 2.05) is 55.5 Å². The van der Waals surface area contributed by atoms with Gasteiger partial charge >= 0.3 is 0 Å². The SMILES string of the molecule is Cc1ccc2cc1CNC(=O)C(C)[C@H](CCc1ccccc1)NC(=O)[C@@]1(NC(O)C(C)(C)CO)CC1C(=O)NCCCCO2. The minimum atomic E-state index is -1.38. The molecule has 2 aromatic rings. The first-order chi connectivity index (χ1) is 21.0. The molecule has 0 radical (unpaired) electrons. The number of hydrogen-bond donors (Lipinski definition) is 6. The van der Waals surface area contributed by atoms with E-state index in [0.29, 0.717) is 39.0 Å². The van der Waals surface area contributed by atoms with Crippen molar-refractivity contribution in [3.63, 3.8) is 0 Å². The van der Waals surface area contributed by atoms with E-state index in [9.17, 15) is 24.6 Å². The number of aliphatic hydroxyl groups excluding tert-OH is 2. The summed E-state index contributed by atoms with van der Waals surface area (Å²) >= 11 is 0. The van der Waals surface area contributed by atoms with Crippen molar-refractivity contribution in [1.82, 2.24) is 21.3 Å². The Hall–Kier alpha value is -3.47. The van der Waals surface area contributed by atoms with Crippen LogP contribution < -0.4 is 26.0 Å². The Kier molecular flexibility index (Phi) is 11.0. The van der Waals surface area contributed by atoms with E-state index in [0.717, 1.165) is 28.9 Å². The molecule has 0 spiro atoms. The van der Waals surface area contributed by atoms with Gasteiger partial charge in [-0.25, -0.2) is 0 Å². The highest BCUT2D eigenvalue weighted by atomic mass is 16.5. The molecule has 1 heterocycles. The average molecular weight is 609 g/mol. The minimum absolute atomic E-state index is 0.187. The van der Waals surface area contributed by atoms with Crippen molar-refractivity contribution >= 4 is 17.7 Å². The highest BCUT2D eigenvalue weighted by molar-refractivity contribution is 5.99. The standard InChI is InChI=1S/C34H48N4O6/c1-22-12-14-26-18-25(22)20-36-29(40)23(2)28(15-13-24-10-6-5-7-11-24)37-32(43)34(38-31(42)33(3,4)21-39)19-27(34)30(41)35-16-8-9-17-44-26/h5-7,10-12,14,18,23,27-28,31,38-39,42H,8-9,13,15-17,19-21H2,1-4H3,(H,35,41)(H,36,40)(H,37,43)/t23?,27?,28-,31?,34+/m0/s1. The number of aryl methyl sites for hydroxylation is 2. The zero-order valence-corrected chi connectivity index (χ0v) is 26.3. The first-order valence-corrected chi connectivity index (χ1v) is 15.7. The lowest BCUT2D eigenvalue weighted by Gasteiger charge is -2.34. The van der Waals surface area contributed by atoms with Gasteiger partial charge in [-0.15, -0.1) is 0 Å². The Bertz CT molecular complexity index is 1300. The maximum absolute atomic E-state index is 14.1. The Morgan fingerprint density at radius 3 is 2.55 bits per heavy atom. The van der Waals surface area contributed by atoms with Gasteiger partial charge in [0.25, 0.3) is 0 Å². The van der Waals surface area contributed by atoms with E-state index in [1.165, 1.54) is 0 Å². The molecular weight excluding hydrogens is 560 g/mol. The van der Waals surface area contributed by atoms with Crippen LogP contribution in [0.2, 0.25) is 0 Å². The molecule has 2 bridgehead atoms. The smallest absolute Gasteiger partial charge is 0.241 e. The lowest BCUT2D eigenvalue weighted by Crippen LogP contribution is -2.60. The molecule has 3 amide bonds. The third-order valence-corrected chi connectivity index (χ3v) is 9.06. The number of carbonyl (C=O) groups excluding carboxylic acids is 3. The van der Waals surface area contributed by atoms with Crippen molar-refractivity contribution in [2.75, 3.05) is 19.8 Å². The first-order valence-electron chi connectivity index (χ1n) is 15.7. The van der Waals surface area contributed by atoms with Crippen LogP contribution in [-0.4, -0.2) is 65.5 Å². The second kappa shape index (κ2) is 14.5. The van der Waals surface area contributed by atoms with Gasteiger partial charge in [-0.2, -0.15) is 0 Å². The predicted octanol–water partition coefficient (Wildman–Crippen LogP) is 2.34. The molecule has 1 fully saturated rings. The number of rotatable bonds is 7. The fraction of sp³-hybridized carbons (Fsp3) is 0.559. The molecule has 0 saturated heterocycles. The molecule has 5 atom stereocenters. The highest BCUT2D eigenvalue weighted by Crippen LogP contribution is 2.45. The molecule has 3 unspecified atom stereocenters. The van der Waals surface area contributed by atoms with Gasteiger partial charge in [0.05, 0.1) is 25.0 Å². The zero-order valence-electron chi connectivity index (χ0n) is 26.3. The number of carbonyl (C=O) groups is 3. The summed E-state index contributed by atoms with van der Waals surface area (Å²) in [4.78, 5) is 40.8. The molecule has 0 aromatic heterocycles. The second-order valence-electron chi connectivity index (χ2n) is 13.0. The average Bonchev–Trinajstić information content (AvgIpc) is 3.75. The molecule has 1 saturated carbocycles. The van der Waals surface area contributed by atoms with Crippen LogP contribution in [0, 0.1) is 24.2 Å². The predicted molar refractivity (Wildman–Crippen MR) is 167 cm³/mol. The van der Waals surface area contributed by atoms with Crippen molar-refractivity contribution in [2.24, 2.45) is 17.3 Å². The summed E-state index contributed by atoms with van der Waals surface area (Å²) in [6.45, 7) is 8.03. The summed E-state index contributed by atoms with van der Waals surface area (Å²) in [6, 6.07) is 15.1. The number of hydrogen-bond acceptors (Lipinski definition) is 7. The summed E-state index contributed by atoms with van der Waals surface area (Å²) in [6.07, 6.45) is 1.47. The third kappa shape index (κ3) is 8.16. The van der Waals surface area contributed by atoms with E-state index in [4.69, 9.17) is 4.74 Å². The number of nitrogens with one attached hydrogen (secondary N) is 4. The number of ether oxygens (including phenoxy) is 1. The van der Waals surface area contributed by atoms with E-state index < -0.39 is 41.0 Å². The van der Waals surface area contributed by atoms with E-state index in [1.54, 1.807) is 20.8 Å². The Morgan fingerprint density at radius 1 is 1.07 bits per heavy atom. The van der Waals surface area contributed by atoms with E-state index in [-0.39, 0.29) is 24.8 Å². The topological polar surface area (TPSA) is 149 Å². The summed E-state index contributed by atoms with van der Waals surface area (Å²) in [5.74, 6) is -1.52. The van der Waals surface area contributed by atoms with Crippen LogP contribution in [0.15, 0.2) is 48.5 Å². The minimum Gasteiger partial charge on any atom is -0.494 e. The molecule has 2 aromatic carbocycles. The zero-order chi connectivity index (χ0) is 31.9. The third-order valence-electron chi connectivity index (χ3n) is 9.06. The van der Waals surface area contributed by atoms with Crippen molar-refractivity contribution < 1.29 is 29.3 Å². The first kappa shape index (κ1) is 33.4. The van der Waals surface area contributed by atoms with E-state index >= 15 is 0 Å². The lowest BCUT2D eigenvalue weighted by molar-refractivity contribution is -0.133. The van der Waals surface area contributed by atoms with Gasteiger partial charge in [0.15, 0.2) is 0 Å². The van der Waals surface area contributed by atoms with Crippen LogP contribution in [-0.2, 0) is 27.3 Å². The van der Waals surface area contributed by atoms with Gasteiger partial charge < -0.3 is 30.9 Å². The van der Waals surface area contributed by atoms with Gasteiger partial charge in [0.2, 0.25) is 17.7 Å². The highest BCUT2D eigenvalue weighted by Gasteiger charge is 2.65. The van der Waals surface area contributed by atoms with Crippen LogP contribution in [0.1, 0.15) is 63.1 Å². The fourth-order valence-corrected chi connectivity index (χ4v) is 5.50. The van der Waals surface area contributed by atoms with Crippen LogP contribution in [0.4, 0.5) is 0 Å². The maximum Gasteiger partial charge on any atom is 0.241 e. The van der Waals surface area contributed by atoms with Gasteiger partial charge in [0, 0.05) is 24.5 Å². The molecule has 240 valence electrons. The van der Waals surface area contributed by atoms with Crippen LogP contribution >= 0.6 is 0 Å². The number of benzene rings is 2. The Balaban J connectivity index is 1.61. The molecular formula is C34H48N4O6. The molecule has 44 heavy (non-hydrogen) atoms. The number of fused-ring (bicyclic) bond motifs is 3. The lowest BCUT2D eigenvalue weighted by atomic mass is 9.91. The molecule has 2 aliphatic rings. The Morgan fingerprint density at radius 2 is 1.82 bits per heavy atom. The maximum atomic E-state index is 14.1. The van der Waals surface area contributed by atoms with Crippen molar-refractivity contribution in [1.29, 1.82) is 0 Å². The second-order valence-corrected chi connectivity index (χ2v) is 13.0. The molecule has 1 aliphatic carbocycles. The fourth-order valence-electron chi connectivity index (χ4n) is 5.50. The molecule has 1 aliphatic heterocycles. The summed E-state index contributed by atoms with van der Waals surface area (Å²) in [5.41, 5.74) is 0.721. The number of aliphatic hydroxyl groups is 2. The Labute approximate surface area is 260 Å². The summed E-state index contributed by atoms with van der Waals surface area (Å²) in [5, 5.41) is 32.9.